The Kier molecular flexibility index (Phi) is 4.81. The zero-order valence-electron chi connectivity index (χ0n) is 13.2. The molecule has 24 heavy (non-hydrogen) atoms. The standard InChI is InChI=1S/C19H16FNO2S/c1-2-12-21-18(22)16(13-8-10-14(20)11-9-13)17(19(21)23)24-15-6-4-3-5-7-15/h3-11H,2,12H2,1H3. The second-order valence-electron chi connectivity index (χ2n) is 5.39. The van der Waals surface area contributed by atoms with E-state index >= 15 is 0 Å². The molecule has 3 nitrogen and oxygen atoms in total. The van der Waals surface area contributed by atoms with E-state index in [9.17, 15) is 14.0 Å². The van der Waals surface area contributed by atoms with E-state index in [1.807, 2.05) is 37.3 Å². The van der Waals surface area contributed by atoms with Crippen LogP contribution in [0.1, 0.15) is 18.9 Å². The average Bonchev–Trinajstić information content (AvgIpc) is 2.82. The molecule has 0 atom stereocenters. The maximum atomic E-state index is 13.2. The minimum atomic E-state index is -0.376. The van der Waals surface area contributed by atoms with E-state index in [1.165, 1.54) is 40.9 Å². The summed E-state index contributed by atoms with van der Waals surface area (Å²) in [4.78, 5) is 28.0. The van der Waals surface area contributed by atoms with Crippen molar-refractivity contribution in [3.8, 4) is 0 Å². The predicted molar refractivity (Wildman–Crippen MR) is 92.6 cm³/mol. The monoisotopic (exact) mass is 341 g/mol. The number of benzene rings is 2. The molecule has 3 rings (SSSR count). The first-order valence-corrected chi connectivity index (χ1v) is 8.52. The third-order valence-electron chi connectivity index (χ3n) is 3.67. The van der Waals surface area contributed by atoms with Crippen molar-refractivity contribution in [2.24, 2.45) is 0 Å². The van der Waals surface area contributed by atoms with Gasteiger partial charge in [0, 0.05) is 11.4 Å². The van der Waals surface area contributed by atoms with Gasteiger partial charge in [-0.05, 0) is 36.2 Å². The van der Waals surface area contributed by atoms with Crippen LogP contribution in [-0.4, -0.2) is 23.3 Å². The fraction of sp³-hybridized carbons (Fsp3) is 0.158. The Morgan fingerprint density at radius 2 is 1.62 bits per heavy atom. The molecule has 1 aliphatic heterocycles. The molecule has 0 radical (unpaired) electrons. The summed E-state index contributed by atoms with van der Waals surface area (Å²) in [5.74, 6) is -0.972. The summed E-state index contributed by atoms with van der Waals surface area (Å²) in [6.07, 6.45) is 0.692. The zero-order valence-corrected chi connectivity index (χ0v) is 14.0. The third-order valence-corrected chi connectivity index (χ3v) is 4.76. The highest BCUT2D eigenvalue weighted by Gasteiger charge is 2.38. The lowest BCUT2D eigenvalue weighted by atomic mass is 10.1. The fourth-order valence-electron chi connectivity index (χ4n) is 2.55. The number of imide groups is 1. The van der Waals surface area contributed by atoms with Crippen LogP contribution in [0.4, 0.5) is 4.39 Å². The highest BCUT2D eigenvalue weighted by Crippen LogP contribution is 2.39. The molecular formula is C19H16FNO2S. The van der Waals surface area contributed by atoms with Gasteiger partial charge in [-0.3, -0.25) is 14.5 Å². The van der Waals surface area contributed by atoms with Gasteiger partial charge in [0.1, 0.15) is 5.82 Å². The predicted octanol–water partition coefficient (Wildman–Crippen LogP) is 4.11. The van der Waals surface area contributed by atoms with Gasteiger partial charge in [0.25, 0.3) is 11.8 Å². The number of halogens is 1. The summed E-state index contributed by atoms with van der Waals surface area (Å²) in [5.41, 5.74) is 0.911. The Labute approximate surface area is 144 Å². The Morgan fingerprint density at radius 3 is 2.25 bits per heavy atom. The summed E-state index contributed by atoms with van der Waals surface area (Å²) in [6.45, 7) is 2.29. The number of rotatable bonds is 5. The summed E-state index contributed by atoms with van der Waals surface area (Å²) in [5, 5.41) is 0. The van der Waals surface area contributed by atoms with Crippen LogP contribution in [0.5, 0.6) is 0 Å². The van der Waals surface area contributed by atoms with Crippen molar-refractivity contribution in [3.05, 3.63) is 70.9 Å². The van der Waals surface area contributed by atoms with Crippen LogP contribution in [0.3, 0.4) is 0 Å². The lowest BCUT2D eigenvalue weighted by Gasteiger charge is -2.13. The molecule has 1 aliphatic rings. The van der Waals surface area contributed by atoms with E-state index in [0.717, 1.165) is 4.90 Å². The Balaban J connectivity index is 2.06. The minimum Gasteiger partial charge on any atom is -0.274 e. The van der Waals surface area contributed by atoms with Crippen molar-refractivity contribution in [1.29, 1.82) is 0 Å². The van der Waals surface area contributed by atoms with Crippen LogP contribution < -0.4 is 0 Å². The van der Waals surface area contributed by atoms with Crippen molar-refractivity contribution < 1.29 is 14.0 Å². The fourth-order valence-corrected chi connectivity index (χ4v) is 3.59. The Bertz CT molecular complexity index is 800. The summed E-state index contributed by atoms with van der Waals surface area (Å²) in [7, 11) is 0. The average molecular weight is 341 g/mol. The number of carbonyl (C=O) groups is 2. The molecule has 5 heteroatoms. The Hall–Kier alpha value is -2.40. The van der Waals surface area contributed by atoms with Gasteiger partial charge in [0.2, 0.25) is 0 Å². The lowest BCUT2D eigenvalue weighted by molar-refractivity contribution is -0.136. The Morgan fingerprint density at radius 1 is 0.958 bits per heavy atom. The van der Waals surface area contributed by atoms with E-state index in [0.29, 0.717) is 29.0 Å². The molecule has 0 aliphatic carbocycles. The quantitative estimate of drug-likeness (QED) is 0.768. The lowest BCUT2D eigenvalue weighted by Crippen LogP contribution is -2.32. The first-order chi connectivity index (χ1) is 11.6. The van der Waals surface area contributed by atoms with Crippen LogP contribution >= 0.6 is 11.8 Å². The number of hydrogen-bond acceptors (Lipinski definition) is 3. The molecule has 0 saturated heterocycles. The van der Waals surface area contributed by atoms with Gasteiger partial charge in [-0.1, -0.05) is 49.0 Å². The maximum absolute atomic E-state index is 13.2. The molecule has 1 heterocycles. The number of amides is 2. The number of carbonyl (C=O) groups excluding carboxylic acids is 2. The zero-order chi connectivity index (χ0) is 17.1. The number of thioether (sulfide) groups is 1. The normalized spacial score (nSPS) is 14.7. The van der Waals surface area contributed by atoms with Crippen molar-refractivity contribution in [2.45, 2.75) is 18.2 Å². The van der Waals surface area contributed by atoms with Crippen molar-refractivity contribution >= 4 is 29.1 Å². The SMILES string of the molecule is CCCN1C(=O)C(Sc2ccccc2)=C(c2ccc(F)cc2)C1=O. The van der Waals surface area contributed by atoms with Crippen LogP contribution in [0.15, 0.2) is 64.4 Å². The van der Waals surface area contributed by atoms with E-state index in [4.69, 9.17) is 0 Å². The minimum absolute atomic E-state index is 0.282. The molecule has 0 aromatic heterocycles. The molecule has 2 aromatic rings. The highest BCUT2D eigenvalue weighted by atomic mass is 32.2. The van der Waals surface area contributed by atoms with Gasteiger partial charge in [0.05, 0.1) is 10.5 Å². The molecule has 0 N–H and O–H groups in total. The molecule has 0 bridgehead atoms. The van der Waals surface area contributed by atoms with Crippen LogP contribution in [0, 0.1) is 5.82 Å². The van der Waals surface area contributed by atoms with Gasteiger partial charge < -0.3 is 0 Å². The maximum Gasteiger partial charge on any atom is 0.268 e. The first kappa shape index (κ1) is 16.5. The summed E-state index contributed by atoms with van der Waals surface area (Å²) < 4.78 is 13.2. The largest absolute Gasteiger partial charge is 0.274 e. The second kappa shape index (κ2) is 7.01. The highest BCUT2D eigenvalue weighted by molar-refractivity contribution is 8.04. The van der Waals surface area contributed by atoms with Gasteiger partial charge >= 0.3 is 0 Å². The van der Waals surface area contributed by atoms with Crippen LogP contribution in [-0.2, 0) is 9.59 Å². The molecule has 2 aromatic carbocycles. The second-order valence-corrected chi connectivity index (χ2v) is 6.47. The molecule has 0 spiro atoms. The van der Waals surface area contributed by atoms with Crippen LogP contribution in [0.2, 0.25) is 0 Å². The molecule has 0 unspecified atom stereocenters. The topological polar surface area (TPSA) is 37.4 Å². The van der Waals surface area contributed by atoms with Crippen molar-refractivity contribution in [3.63, 3.8) is 0 Å². The first-order valence-electron chi connectivity index (χ1n) is 7.71. The smallest absolute Gasteiger partial charge is 0.268 e. The van der Waals surface area contributed by atoms with Gasteiger partial charge in [-0.15, -0.1) is 0 Å². The molecule has 0 saturated carbocycles. The van der Waals surface area contributed by atoms with E-state index in [1.54, 1.807) is 0 Å². The summed E-state index contributed by atoms with van der Waals surface area (Å²) in [6, 6.07) is 15.1. The van der Waals surface area contributed by atoms with Crippen molar-refractivity contribution in [1.82, 2.24) is 4.90 Å². The van der Waals surface area contributed by atoms with Crippen LogP contribution in [0.25, 0.3) is 5.57 Å². The molecule has 0 fully saturated rings. The molecule has 122 valence electrons. The van der Waals surface area contributed by atoms with E-state index < -0.39 is 0 Å². The van der Waals surface area contributed by atoms with Gasteiger partial charge in [0.15, 0.2) is 0 Å². The van der Waals surface area contributed by atoms with E-state index in [2.05, 4.69) is 0 Å². The molecule has 2 amide bonds. The molecular weight excluding hydrogens is 325 g/mol. The van der Waals surface area contributed by atoms with Gasteiger partial charge in [-0.25, -0.2) is 4.39 Å². The number of nitrogens with zero attached hydrogens (tertiary/aromatic N) is 1. The van der Waals surface area contributed by atoms with Crippen molar-refractivity contribution in [2.75, 3.05) is 6.54 Å². The van der Waals surface area contributed by atoms with E-state index in [-0.39, 0.29) is 17.6 Å². The summed E-state index contributed by atoms with van der Waals surface area (Å²) >= 11 is 1.27. The van der Waals surface area contributed by atoms with Gasteiger partial charge in [-0.2, -0.15) is 0 Å². The third kappa shape index (κ3) is 3.12. The number of hydrogen-bond donors (Lipinski definition) is 0.